The van der Waals surface area contributed by atoms with Gasteiger partial charge in [0, 0.05) is 35.8 Å². The Balaban J connectivity index is 1.60. The van der Waals surface area contributed by atoms with E-state index >= 15 is 0 Å². The fraction of sp³-hybridized carbons (Fsp3) is 0.462. The van der Waals surface area contributed by atoms with E-state index in [2.05, 4.69) is 43.9 Å². The van der Waals surface area contributed by atoms with E-state index in [1.807, 2.05) is 17.5 Å². The maximum Gasteiger partial charge on any atom is 0.0921 e. The van der Waals surface area contributed by atoms with Gasteiger partial charge in [0.1, 0.15) is 0 Å². The lowest BCUT2D eigenvalue weighted by molar-refractivity contribution is 0.466. The maximum absolute atomic E-state index is 4.04. The van der Waals surface area contributed by atoms with Crippen molar-refractivity contribution in [3.05, 3.63) is 37.6 Å². The number of fused-ring (bicyclic) bond motifs is 1. The quantitative estimate of drug-likeness (QED) is 0.808. The first-order valence-corrected chi connectivity index (χ1v) is 8.21. The van der Waals surface area contributed by atoms with E-state index in [1.165, 1.54) is 27.8 Å². The van der Waals surface area contributed by atoms with Crippen molar-refractivity contribution < 1.29 is 0 Å². The topological polar surface area (TPSA) is 40.7 Å². The van der Waals surface area contributed by atoms with Gasteiger partial charge in [0.15, 0.2) is 0 Å². The zero-order valence-electron chi connectivity index (χ0n) is 10.1. The molecule has 0 saturated heterocycles. The van der Waals surface area contributed by atoms with Crippen LogP contribution in [0.1, 0.15) is 35.0 Å². The highest BCUT2D eigenvalue weighted by Crippen LogP contribution is 2.36. The summed E-state index contributed by atoms with van der Waals surface area (Å²) in [6.45, 7) is 1.01. The lowest BCUT2D eigenvalue weighted by Gasteiger charge is -2.23. The van der Waals surface area contributed by atoms with Gasteiger partial charge in [-0.25, -0.2) is 4.98 Å². The number of rotatable bonds is 4. The number of halogens is 1. The Morgan fingerprint density at radius 3 is 3.33 bits per heavy atom. The smallest absolute Gasteiger partial charge is 0.0921 e. The monoisotopic (exact) mass is 373 g/mol. The first-order chi connectivity index (χ1) is 8.83. The number of aromatic nitrogens is 2. The minimum Gasteiger partial charge on any atom is -0.348 e. The van der Waals surface area contributed by atoms with Gasteiger partial charge in [-0.1, -0.05) is 0 Å². The van der Waals surface area contributed by atoms with Gasteiger partial charge >= 0.3 is 0 Å². The Kier molecular flexibility index (Phi) is 4.00. The molecule has 2 heterocycles. The molecule has 0 aliphatic heterocycles. The zero-order valence-corrected chi connectivity index (χ0v) is 13.1. The van der Waals surface area contributed by atoms with E-state index in [4.69, 9.17) is 0 Å². The van der Waals surface area contributed by atoms with Gasteiger partial charge in [-0.2, -0.15) is 0 Å². The van der Waals surface area contributed by atoms with Crippen molar-refractivity contribution in [2.24, 2.45) is 0 Å². The van der Waals surface area contributed by atoms with Gasteiger partial charge in [0.2, 0.25) is 0 Å². The second-order valence-electron chi connectivity index (χ2n) is 4.65. The molecule has 1 unspecified atom stereocenters. The molecule has 96 valence electrons. The van der Waals surface area contributed by atoms with Crippen molar-refractivity contribution in [3.63, 3.8) is 0 Å². The number of H-pyrrole nitrogens is 1. The van der Waals surface area contributed by atoms with Gasteiger partial charge in [-0.15, -0.1) is 11.3 Å². The lowest BCUT2D eigenvalue weighted by atomic mass is 9.94. The number of hydrogen-bond acceptors (Lipinski definition) is 3. The summed E-state index contributed by atoms with van der Waals surface area (Å²) in [6, 6.07) is 2.91. The van der Waals surface area contributed by atoms with Crippen molar-refractivity contribution in [3.8, 4) is 0 Å². The summed E-state index contributed by atoms with van der Waals surface area (Å²) in [5.41, 5.74) is 2.75. The molecule has 5 heteroatoms. The summed E-state index contributed by atoms with van der Waals surface area (Å²) in [4.78, 5) is 8.78. The summed E-state index contributed by atoms with van der Waals surface area (Å²) < 4.78 is 1.42. The van der Waals surface area contributed by atoms with Gasteiger partial charge in [0.05, 0.1) is 9.21 Å². The van der Waals surface area contributed by atoms with Crippen LogP contribution in [0, 0.1) is 2.88 Å². The molecule has 18 heavy (non-hydrogen) atoms. The summed E-state index contributed by atoms with van der Waals surface area (Å²) in [6.07, 6.45) is 8.51. The molecule has 3 nitrogen and oxygen atoms in total. The number of hydrogen-bond donors (Lipinski definition) is 2. The van der Waals surface area contributed by atoms with Crippen LogP contribution in [0.3, 0.4) is 0 Å². The summed E-state index contributed by atoms with van der Waals surface area (Å²) >= 11 is 4.39. The molecular formula is C13H16IN3S. The molecule has 0 saturated carbocycles. The number of nitrogens with zero attached hydrogens (tertiary/aromatic N) is 1. The van der Waals surface area contributed by atoms with Gasteiger partial charge < -0.3 is 10.3 Å². The Morgan fingerprint density at radius 1 is 1.56 bits per heavy atom. The fourth-order valence-electron chi connectivity index (χ4n) is 2.54. The molecule has 1 atom stereocenters. The lowest BCUT2D eigenvalue weighted by Crippen LogP contribution is -2.26. The molecule has 0 amide bonds. The Morgan fingerprint density at radius 2 is 2.50 bits per heavy atom. The molecule has 1 aliphatic rings. The minimum absolute atomic E-state index is 0.552. The van der Waals surface area contributed by atoms with E-state index in [9.17, 15) is 0 Å². The summed E-state index contributed by atoms with van der Waals surface area (Å²) in [5, 5.41) is 3.68. The van der Waals surface area contributed by atoms with Crippen molar-refractivity contribution >= 4 is 33.9 Å². The highest BCUT2D eigenvalue weighted by Gasteiger charge is 2.21. The third-order valence-corrected chi connectivity index (χ3v) is 5.39. The minimum atomic E-state index is 0.552. The van der Waals surface area contributed by atoms with Crippen LogP contribution in [0.4, 0.5) is 0 Å². The van der Waals surface area contributed by atoms with E-state index < -0.39 is 0 Å². The molecule has 1 aliphatic carbocycles. The molecule has 2 aromatic rings. The third kappa shape index (κ3) is 2.78. The third-order valence-electron chi connectivity index (χ3n) is 3.42. The van der Waals surface area contributed by atoms with E-state index in [0.717, 1.165) is 13.0 Å². The van der Waals surface area contributed by atoms with Gasteiger partial charge in [-0.3, -0.25) is 0 Å². The van der Waals surface area contributed by atoms with Crippen molar-refractivity contribution in [2.75, 3.05) is 6.54 Å². The molecule has 0 aromatic carbocycles. The molecule has 0 spiro atoms. The number of imidazole rings is 1. The second-order valence-corrected chi connectivity index (χ2v) is 7.69. The Hall–Kier alpha value is -0.400. The molecule has 0 radical (unpaired) electrons. The largest absolute Gasteiger partial charge is 0.348 e. The van der Waals surface area contributed by atoms with E-state index in [-0.39, 0.29) is 0 Å². The number of thiophene rings is 1. The zero-order chi connectivity index (χ0) is 12.4. The predicted molar refractivity (Wildman–Crippen MR) is 83.0 cm³/mol. The summed E-state index contributed by atoms with van der Waals surface area (Å²) in [7, 11) is 0. The molecule has 2 N–H and O–H groups in total. The SMILES string of the molecule is Ic1cc2c(s1)CCCC2NCCc1cnc[nH]1. The Labute approximate surface area is 125 Å². The number of aryl methyl sites for hydroxylation is 1. The molecule has 0 fully saturated rings. The van der Waals surface area contributed by atoms with Crippen LogP contribution >= 0.6 is 33.9 Å². The van der Waals surface area contributed by atoms with Crippen LogP contribution in [0.5, 0.6) is 0 Å². The average Bonchev–Trinajstić information content (AvgIpc) is 2.97. The van der Waals surface area contributed by atoms with Crippen LogP contribution in [0.25, 0.3) is 0 Å². The molecular weight excluding hydrogens is 357 g/mol. The molecule has 2 aromatic heterocycles. The van der Waals surface area contributed by atoms with Crippen molar-refractivity contribution in [1.82, 2.24) is 15.3 Å². The standard InChI is InChI=1S/C13H16IN3S/c14-13-6-10-11(2-1-3-12(10)18-13)16-5-4-9-7-15-8-17-9/h6-8,11,16H,1-5H2,(H,15,17). The second kappa shape index (κ2) is 5.71. The number of nitrogens with one attached hydrogen (secondary N) is 2. The average molecular weight is 373 g/mol. The molecule has 3 rings (SSSR count). The fourth-order valence-corrected chi connectivity index (χ4v) is 4.66. The van der Waals surface area contributed by atoms with Crippen molar-refractivity contribution in [1.29, 1.82) is 0 Å². The highest BCUT2D eigenvalue weighted by atomic mass is 127. The Bertz CT molecular complexity index is 506. The van der Waals surface area contributed by atoms with E-state index in [0.29, 0.717) is 6.04 Å². The first kappa shape index (κ1) is 12.6. The first-order valence-electron chi connectivity index (χ1n) is 6.31. The van der Waals surface area contributed by atoms with Crippen LogP contribution in [0.2, 0.25) is 0 Å². The molecule has 0 bridgehead atoms. The van der Waals surface area contributed by atoms with Crippen LogP contribution in [0.15, 0.2) is 18.6 Å². The van der Waals surface area contributed by atoms with Gasteiger partial charge in [0.25, 0.3) is 0 Å². The van der Waals surface area contributed by atoms with Crippen LogP contribution in [-0.2, 0) is 12.8 Å². The van der Waals surface area contributed by atoms with Gasteiger partial charge in [-0.05, 0) is 53.5 Å². The number of aromatic amines is 1. The normalized spacial score (nSPS) is 18.8. The maximum atomic E-state index is 4.04. The van der Waals surface area contributed by atoms with Crippen molar-refractivity contribution in [2.45, 2.75) is 31.7 Å². The highest BCUT2D eigenvalue weighted by molar-refractivity contribution is 14.1. The van der Waals surface area contributed by atoms with Crippen LogP contribution in [-0.4, -0.2) is 16.5 Å². The predicted octanol–water partition coefficient (Wildman–Crippen LogP) is 3.29. The van der Waals surface area contributed by atoms with Crippen LogP contribution < -0.4 is 5.32 Å². The summed E-state index contributed by atoms with van der Waals surface area (Å²) in [5.74, 6) is 0. The van der Waals surface area contributed by atoms with E-state index in [1.54, 1.807) is 16.8 Å².